The Kier molecular flexibility index (Phi) is 8.81. The average molecular weight is 459 g/mol. The highest BCUT2D eigenvalue weighted by Gasteiger charge is 2.25. The minimum absolute atomic E-state index is 0.0105. The van der Waals surface area contributed by atoms with Crippen LogP contribution in [0.25, 0.3) is 0 Å². The number of amides is 1. The lowest BCUT2D eigenvalue weighted by Gasteiger charge is -2.39. The Morgan fingerprint density at radius 2 is 1.94 bits per heavy atom. The average Bonchev–Trinajstić information content (AvgIpc) is 2.77. The number of carbonyl (C=O) groups excluding carboxylic acids is 1. The molecule has 1 atom stereocenters. The molecule has 174 valence electrons. The molecule has 1 heterocycles. The van der Waals surface area contributed by atoms with Crippen molar-refractivity contribution in [1.29, 1.82) is 0 Å². The number of sulfonamides is 1. The molecule has 1 saturated heterocycles. The van der Waals surface area contributed by atoms with Crippen molar-refractivity contribution in [2.45, 2.75) is 50.1 Å². The fourth-order valence-electron chi connectivity index (χ4n) is 4.30. The summed E-state index contributed by atoms with van der Waals surface area (Å²) < 4.78 is 23.1. The summed E-state index contributed by atoms with van der Waals surface area (Å²) >= 11 is 0. The summed E-state index contributed by atoms with van der Waals surface area (Å²) in [5.74, 6) is -0.130. The van der Waals surface area contributed by atoms with Gasteiger partial charge in [0.05, 0.1) is 4.90 Å². The molecule has 3 N–H and O–H groups in total. The molecule has 32 heavy (non-hydrogen) atoms. The molecule has 0 saturated carbocycles. The van der Waals surface area contributed by atoms with Gasteiger partial charge in [0.2, 0.25) is 15.9 Å². The van der Waals surface area contributed by atoms with Gasteiger partial charge in [-0.05, 0) is 56.1 Å². The lowest BCUT2D eigenvalue weighted by Crippen LogP contribution is -2.48. The van der Waals surface area contributed by atoms with Crippen LogP contribution < -0.4 is 10.5 Å². The van der Waals surface area contributed by atoms with Crippen LogP contribution in [-0.4, -0.2) is 56.3 Å². The number of primary sulfonamides is 1. The zero-order valence-corrected chi connectivity index (χ0v) is 19.6. The summed E-state index contributed by atoms with van der Waals surface area (Å²) in [6.45, 7) is 6.87. The lowest BCUT2D eigenvalue weighted by molar-refractivity contribution is -0.116. The number of rotatable bonds is 10. The number of benzene rings is 2. The fraction of sp³-hybridized carbons (Fsp3) is 0.458. The minimum atomic E-state index is -3.80. The monoisotopic (exact) mass is 458 g/mol. The SMILES string of the molecule is CCCN(CCC(=O)Nc1cccc(S(N)(=O)=O)c1)C1CCCN(Cc2ccccc2)C1. The van der Waals surface area contributed by atoms with Gasteiger partial charge in [0.1, 0.15) is 0 Å². The van der Waals surface area contributed by atoms with Gasteiger partial charge in [-0.15, -0.1) is 0 Å². The first-order valence-electron chi connectivity index (χ1n) is 11.3. The van der Waals surface area contributed by atoms with E-state index in [9.17, 15) is 13.2 Å². The fourth-order valence-corrected chi connectivity index (χ4v) is 4.86. The number of nitrogens with zero attached hydrogens (tertiary/aromatic N) is 2. The normalized spacial score (nSPS) is 17.4. The molecule has 1 unspecified atom stereocenters. The molecule has 0 aromatic heterocycles. The zero-order valence-electron chi connectivity index (χ0n) is 18.7. The first-order valence-corrected chi connectivity index (χ1v) is 12.8. The molecule has 1 aliphatic rings. The second-order valence-corrected chi connectivity index (χ2v) is 9.99. The molecule has 8 heteroatoms. The number of hydrogen-bond acceptors (Lipinski definition) is 5. The predicted molar refractivity (Wildman–Crippen MR) is 128 cm³/mol. The van der Waals surface area contributed by atoms with Gasteiger partial charge in [-0.3, -0.25) is 14.6 Å². The summed E-state index contributed by atoms with van der Waals surface area (Å²) in [6.07, 6.45) is 3.69. The molecule has 7 nitrogen and oxygen atoms in total. The van der Waals surface area contributed by atoms with Crippen molar-refractivity contribution < 1.29 is 13.2 Å². The quantitative estimate of drug-likeness (QED) is 0.571. The number of likely N-dealkylation sites (tertiary alicyclic amines) is 1. The largest absolute Gasteiger partial charge is 0.326 e. The summed E-state index contributed by atoms with van der Waals surface area (Å²) in [5.41, 5.74) is 1.77. The molecular formula is C24H34N4O3S. The molecule has 1 fully saturated rings. The highest BCUT2D eigenvalue weighted by molar-refractivity contribution is 7.89. The maximum absolute atomic E-state index is 12.5. The van der Waals surface area contributed by atoms with Crippen LogP contribution in [0.1, 0.15) is 38.2 Å². The molecule has 1 aliphatic heterocycles. The third-order valence-electron chi connectivity index (χ3n) is 5.83. The van der Waals surface area contributed by atoms with Crippen LogP contribution in [0.5, 0.6) is 0 Å². The molecule has 0 aliphatic carbocycles. The van der Waals surface area contributed by atoms with Gasteiger partial charge in [-0.1, -0.05) is 43.3 Å². The molecule has 2 aromatic rings. The van der Waals surface area contributed by atoms with Crippen molar-refractivity contribution in [2.75, 3.05) is 31.5 Å². The van der Waals surface area contributed by atoms with E-state index in [1.165, 1.54) is 17.7 Å². The van der Waals surface area contributed by atoms with E-state index in [1.54, 1.807) is 12.1 Å². The standard InChI is InChI=1S/C24H34N4O3S/c1-2-14-28(22-11-7-15-27(19-22)18-20-8-4-3-5-9-20)16-13-24(29)26-21-10-6-12-23(17-21)32(25,30)31/h3-6,8-10,12,17,22H,2,7,11,13-16,18-19H2,1H3,(H,26,29)(H2,25,30,31). The Morgan fingerprint density at radius 1 is 1.16 bits per heavy atom. The number of piperidine rings is 1. The Balaban J connectivity index is 1.55. The third-order valence-corrected chi connectivity index (χ3v) is 6.74. The van der Waals surface area contributed by atoms with Crippen molar-refractivity contribution in [3.8, 4) is 0 Å². The highest BCUT2D eigenvalue weighted by atomic mass is 32.2. The van der Waals surface area contributed by atoms with Gasteiger partial charge in [-0.25, -0.2) is 13.6 Å². The van der Waals surface area contributed by atoms with Crippen LogP contribution in [0, 0.1) is 0 Å². The molecule has 0 bridgehead atoms. The zero-order chi connectivity index (χ0) is 23.0. The van der Waals surface area contributed by atoms with E-state index in [0.29, 0.717) is 24.7 Å². The Bertz CT molecular complexity index is 982. The second-order valence-electron chi connectivity index (χ2n) is 8.42. The summed E-state index contributed by atoms with van der Waals surface area (Å²) in [4.78, 5) is 17.5. The van der Waals surface area contributed by atoms with Crippen molar-refractivity contribution >= 4 is 21.6 Å². The number of anilines is 1. The minimum Gasteiger partial charge on any atom is -0.326 e. The maximum atomic E-state index is 12.5. The number of nitrogens with one attached hydrogen (secondary N) is 1. The van der Waals surface area contributed by atoms with Gasteiger partial charge in [0.15, 0.2) is 0 Å². The Morgan fingerprint density at radius 3 is 2.66 bits per heavy atom. The van der Waals surface area contributed by atoms with Gasteiger partial charge in [0.25, 0.3) is 0 Å². The second kappa shape index (κ2) is 11.6. The van der Waals surface area contributed by atoms with E-state index in [4.69, 9.17) is 5.14 Å². The topological polar surface area (TPSA) is 95.7 Å². The number of hydrogen-bond donors (Lipinski definition) is 2. The van der Waals surface area contributed by atoms with Crippen LogP contribution in [0.4, 0.5) is 5.69 Å². The van der Waals surface area contributed by atoms with Crippen LogP contribution in [0.15, 0.2) is 59.5 Å². The first kappa shape index (κ1) is 24.4. The molecular weight excluding hydrogens is 424 g/mol. The molecule has 0 radical (unpaired) electrons. The lowest BCUT2D eigenvalue weighted by atomic mass is 10.0. The van der Waals surface area contributed by atoms with Crippen LogP contribution in [0.2, 0.25) is 0 Å². The van der Waals surface area contributed by atoms with Crippen LogP contribution in [-0.2, 0) is 21.4 Å². The smallest absolute Gasteiger partial charge is 0.238 e. The summed E-state index contributed by atoms with van der Waals surface area (Å²) in [7, 11) is -3.80. The summed E-state index contributed by atoms with van der Waals surface area (Å²) in [6, 6.07) is 17.0. The van der Waals surface area contributed by atoms with Crippen molar-refractivity contribution in [1.82, 2.24) is 9.80 Å². The third kappa shape index (κ3) is 7.41. The van der Waals surface area contributed by atoms with Gasteiger partial charge >= 0.3 is 0 Å². The van der Waals surface area contributed by atoms with E-state index < -0.39 is 10.0 Å². The molecule has 0 spiro atoms. The van der Waals surface area contributed by atoms with E-state index >= 15 is 0 Å². The highest BCUT2D eigenvalue weighted by Crippen LogP contribution is 2.19. The molecule has 3 rings (SSSR count). The van der Waals surface area contributed by atoms with Crippen LogP contribution >= 0.6 is 0 Å². The maximum Gasteiger partial charge on any atom is 0.238 e. The van der Waals surface area contributed by atoms with Gasteiger partial charge in [-0.2, -0.15) is 0 Å². The molecule has 1 amide bonds. The molecule has 2 aromatic carbocycles. The number of nitrogens with two attached hydrogens (primary N) is 1. The van der Waals surface area contributed by atoms with Gasteiger partial charge < -0.3 is 5.32 Å². The van der Waals surface area contributed by atoms with E-state index in [1.807, 2.05) is 6.07 Å². The first-order chi connectivity index (χ1) is 15.3. The van der Waals surface area contributed by atoms with Crippen molar-refractivity contribution in [2.24, 2.45) is 5.14 Å². The Hall–Kier alpha value is -2.26. The van der Waals surface area contributed by atoms with Crippen molar-refractivity contribution in [3.05, 3.63) is 60.2 Å². The number of carbonyl (C=O) groups is 1. The van der Waals surface area contributed by atoms with Crippen molar-refractivity contribution in [3.63, 3.8) is 0 Å². The van der Waals surface area contributed by atoms with Gasteiger partial charge in [0, 0.05) is 37.8 Å². The predicted octanol–water partition coefficient (Wildman–Crippen LogP) is 3.04. The van der Waals surface area contributed by atoms with E-state index in [0.717, 1.165) is 45.4 Å². The van der Waals surface area contributed by atoms with E-state index in [-0.39, 0.29) is 10.8 Å². The van der Waals surface area contributed by atoms with E-state index in [2.05, 4.69) is 46.3 Å². The van der Waals surface area contributed by atoms with Crippen LogP contribution in [0.3, 0.4) is 0 Å². The summed E-state index contributed by atoms with van der Waals surface area (Å²) in [5, 5.41) is 7.98. The Labute approximate surface area is 191 Å².